The van der Waals surface area contributed by atoms with Crippen molar-refractivity contribution in [1.29, 1.82) is 0 Å². The van der Waals surface area contributed by atoms with Gasteiger partial charge in [-0.05, 0) is 30.3 Å². The molecule has 0 aliphatic rings. The van der Waals surface area contributed by atoms with Gasteiger partial charge in [0.25, 0.3) is 5.91 Å². The van der Waals surface area contributed by atoms with Gasteiger partial charge in [0.15, 0.2) is 11.6 Å². The summed E-state index contributed by atoms with van der Waals surface area (Å²) in [7, 11) is 1.37. The van der Waals surface area contributed by atoms with Crippen molar-refractivity contribution in [3.05, 3.63) is 66.1 Å². The van der Waals surface area contributed by atoms with Crippen LogP contribution in [0.4, 0.5) is 10.1 Å². The molecule has 1 amide bonds. The highest BCUT2D eigenvalue weighted by molar-refractivity contribution is 6.08. The molecular weight excluding hydrogens is 283 g/mol. The molecular formula is C17H13FN2O2. The normalized spacial score (nSPS) is 10.5. The predicted octanol–water partition coefficient (Wildman–Crippen LogP) is 3.63. The van der Waals surface area contributed by atoms with Gasteiger partial charge < -0.3 is 10.1 Å². The minimum Gasteiger partial charge on any atom is -0.494 e. The number of ether oxygens (including phenoxy) is 1. The molecule has 2 aromatic carbocycles. The number of fused-ring (bicyclic) bond motifs is 1. The molecule has 3 rings (SSSR count). The smallest absolute Gasteiger partial charge is 0.255 e. The van der Waals surface area contributed by atoms with Gasteiger partial charge in [-0.1, -0.05) is 18.2 Å². The number of anilines is 1. The third-order valence-corrected chi connectivity index (χ3v) is 3.29. The Morgan fingerprint density at radius 1 is 1.18 bits per heavy atom. The Hall–Kier alpha value is -2.95. The first-order valence-corrected chi connectivity index (χ1v) is 6.67. The average Bonchev–Trinajstić information content (AvgIpc) is 2.55. The molecule has 0 atom stereocenters. The summed E-state index contributed by atoms with van der Waals surface area (Å²) in [6.45, 7) is 0. The lowest BCUT2D eigenvalue weighted by Gasteiger charge is -2.09. The molecule has 110 valence electrons. The molecule has 0 spiro atoms. The Balaban J connectivity index is 1.92. The van der Waals surface area contributed by atoms with Crippen LogP contribution in [0.15, 0.2) is 54.7 Å². The zero-order valence-corrected chi connectivity index (χ0v) is 11.8. The van der Waals surface area contributed by atoms with Crippen LogP contribution in [0.2, 0.25) is 0 Å². The van der Waals surface area contributed by atoms with E-state index in [0.717, 1.165) is 11.5 Å². The second-order valence-electron chi connectivity index (χ2n) is 4.68. The van der Waals surface area contributed by atoms with Crippen molar-refractivity contribution in [2.24, 2.45) is 0 Å². The summed E-state index contributed by atoms with van der Waals surface area (Å²) < 4.78 is 18.5. The topological polar surface area (TPSA) is 51.2 Å². The number of pyridine rings is 1. The van der Waals surface area contributed by atoms with E-state index >= 15 is 0 Å². The number of hydrogen-bond acceptors (Lipinski definition) is 3. The zero-order chi connectivity index (χ0) is 15.5. The number of halogens is 1. The van der Waals surface area contributed by atoms with E-state index in [2.05, 4.69) is 10.3 Å². The number of benzene rings is 2. The number of carbonyl (C=O) groups excluding carboxylic acids is 1. The van der Waals surface area contributed by atoms with Crippen LogP contribution < -0.4 is 10.1 Å². The molecule has 0 aliphatic carbocycles. The summed E-state index contributed by atoms with van der Waals surface area (Å²) in [5.41, 5.74) is 1.48. The van der Waals surface area contributed by atoms with E-state index in [4.69, 9.17) is 4.74 Å². The molecule has 5 heteroatoms. The zero-order valence-electron chi connectivity index (χ0n) is 11.8. The summed E-state index contributed by atoms with van der Waals surface area (Å²) in [5, 5.41) is 3.67. The third-order valence-electron chi connectivity index (χ3n) is 3.29. The fourth-order valence-electron chi connectivity index (χ4n) is 2.21. The number of aromatic nitrogens is 1. The Bertz CT molecular complexity index is 844. The number of nitrogens with zero attached hydrogens (tertiary/aromatic N) is 1. The molecule has 0 saturated heterocycles. The fraction of sp³-hybridized carbons (Fsp3) is 0.0588. The van der Waals surface area contributed by atoms with E-state index in [1.54, 1.807) is 12.3 Å². The maximum Gasteiger partial charge on any atom is 0.255 e. The van der Waals surface area contributed by atoms with E-state index in [1.165, 1.54) is 19.2 Å². The van der Waals surface area contributed by atoms with Gasteiger partial charge in [0.2, 0.25) is 0 Å². The first-order valence-electron chi connectivity index (χ1n) is 6.67. The van der Waals surface area contributed by atoms with E-state index in [-0.39, 0.29) is 11.3 Å². The fourth-order valence-corrected chi connectivity index (χ4v) is 2.21. The number of hydrogen-bond donors (Lipinski definition) is 1. The molecule has 1 aromatic heterocycles. The van der Waals surface area contributed by atoms with E-state index < -0.39 is 11.7 Å². The number of carbonyl (C=O) groups is 1. The van der Waals surface area contributed by atoms with Gasteiger partial charge >= 0.3 is 0 Å². The maximum atomic E-state index is 13.7. The van der Waals surface area contributed by atoms with Gasteiger partial charge in [0.05, 0.1) is 18.3 Å². The van der Waals surface area contributed by atoms with E-state index in [0.29, 0.717) is 11.2 Å². The van der Waals surface area contributed by atoms with Crippen molar-refractivity contribution in [3.8, 4) is 5.75 Å². The number of rotatable bonds is 3. The van der Waals surface area contributed by atoms with Gasteiger partial charge in [0, 0.05) is 17.1 Å². The van der Waals surface area contributed by atoms with Crippen LogP contribution in [0, 0.1) is 5.82 Å². The number of methoxy groups -OCH3 is 1. The predicted molar refractivity (Wildman–Crippen MR) is 82.6 cm³/mol. The lowest BCUT2D eigenvalue weighted by Crippen LogP contribution is -2.12. The van der Waals surface area contributed by atoms with Crippen molar-refractivity contribution in [2.45, 2.75) is 0 Å². The van der Waals surface area contributed by atoms with Crippen LogP contribution in [-0.4, -0.2) is 18.0 Å². The van der Waals surface area contributed by atoms with Crippen molar-refractivity contribution in [2.75, 3.05) is 12.4 Å². The van der Waals surface area contributed by atoms with Crippen molar-refractivity contribution >= 4 is 22.5 Å². The summed E-state index contributed by atoms with van der Waals surface area (Å²) in [4.78, 5) is 16.5. The number of amides is 1. The van der Waals surface area contributed by atoms with E-state index in [1.807, 2.05) is 24.3 Å². The largest absolute Gasteiger partial charge is 0.494 e. The molecule has 0 saturated carbocycles. The monoisotopic (exact) mass is 296 g/mol. The Morgan fingerprint density at radius 2 is 2.00 bits per heavy atom. The van der Waals surface area contributed by atoms with Gasteiger partial charge in [-0.3, -0.25) is 9.78 Å². The van der Waals surface area contributed by atoms with Crippen molar-refractivity contribution < 1.29 is 13.9 Å². The Labute approximate surface area is 126 Å². The summed E-state index contributed by atoms with van der Waals surface area (Å²) >= 11 is 0. The lowest BCUT2D eigenvalue weighted by molar-refractivity contribution is 0.102. The summed E-state index contributed by atoms with van der Waals surface area (Å²) in [6, 6.07) is 13.3. The number of para-hydroxylation sites is 1. The Morgan fingerprint density at radius 3 is 2.77 bits per heavy atom. The Kier molecular flexibility index (Phi) is 3.70. The summed E-state index contributed by atoms with van der Waals surface area (Å²) in [5.74, 6) is -0.880. The molecule has 1 heterocycles. The van der Waals surface area contributed by atoms with Crippen LogP contribution >= 0.6 is 0 Å². The highest BCUT2D eigenvalue weighted by atomic mass is 19.1. The van der Waals surface area contributed by atoms with Gasteiger partial charge in [-0.2, -0.15) is 0 Å². The van der Waals surface area contributed by atoms with Gasteiger partial charge in [-0.25, -0.2) is 4.39 Å². The molecule has 0 fully saturated rings. The van der Waals surface area contributed by atoms with Crippen LogP contribution in [0.5, 0.6) is 5.75 Å². The highest BCUT2D eigenvalue weighted by Crippen LogP contribution is 2.22. The van der Waals surface area contributed by atoms with Gasteiger partial charge in [0.1, 0.15) is 0 Å². The molecule has 1 N–H and O–H groups in total. The minimum atomic E-state index is -0.578. The van der Waals surface area contributed by atoms with Crippen LogP contribution in [-0.2, 0) is 0 Å². The second-order valence-corrected chi connectivity index (χ2v) is 4.68. The standard InChI is InChI=1S/C17H13FN2O2/c1-22-15-8-7-12(10-13(15)18)17(21)20-14-6-2-4-11-5-3-9-19-16(11)14/h2-10H,1H3,(H,20,21). The molecule has 0 unspecified atom stereocenters. The van der Waals surface area contributed by atoms with Crippen LogP contribution in [0.1, 0.15) is 10.4 Å². The third kappa shape index (κ3) is 2.61. The average molecular weight is 296 g/mol. The van der Waals surface area contributed by atoms with Gasteiger partial charge in [-0.15, -0.1) is 0 Å². The lowest BCUT2D eigenvalue weighted by atomic mass is 10.1. The highest BCUT2D eigenvalue weighted by Gasteiger charge is 2.12. The molecule has 3 aromatic rings. The molecule has 0 bridgehead atoms. The van der Waals surface area contributed by atoms with Crippen molar-refractivity contribution in [1.82, 2.24) is 4.98 Å². The SMILES string of the molecule is COc1ccc(C(=O)Nc2cccc3cccnc23)cc1F. The maximum absolute atomic E-state index is 13.7. The quantitative estimate of drug-likeness (QED) is 0.803. The minimum absolute atomic E-state index is 0.100. The molecule has 0 radical (unpaired) electrons. The first-order chi connectivity index (χ1) is 10.7. The molecule has 22 heavy (non-hydrogen) atoms. The number of nitrogens with one attached hydrogen (secondary N) is 1. The molecule has 0 aliphatic heterocycles. The molecule has 4 nitrogen and oxygen atoms in total. The van der Waals surface area contributed by atoms with Crippen molar-refractivity contribution in [3.63, 3.8) is 0 Å². The van der Waals surface area contributed by atoms with E-state index in [9.17, 15) is 9.18 Å². The van der Waals surface area contributed by atoms with Crippen LogP contribution in [0.25, 0.3) is 10.9 Å². The van der Waals surface area contributed by atoms with Crippen LogP contribution in [0.3, 0.4) is 0 Å². The first kappa shape index (κ1) is 14.0. The second kappa shape index (κ2) is 5.81. The summed E-state index contributed by atoms with van der Waals surface area (Å²) in [6.07, 6.45) is 1.66.